The minimum absolute atomic E-state index is 0.0268. The largest absolute Gasteiger partial charge is 0.390 e. The minimum Gasteiger partial charge on any atom is -0.390 e. The number of nitrogens with zero attached hydrogens (tertiary/aromatic N) is 4. The molecule has 112 valence electrons. The smallest absolute Gasteiger partial charge is 0.0853 e. The van der Waals surface area contributed by atoms with Gasteiger partial charge in [-0.3, -0.25) is 0 Å². The highest BCUT2D eigenvalue weighted by Crippen LogP contribution is 2.08. The SMILES string of the molecule is BrCc1cccc2ccnn12.OCc1cccc2ccnn12. The van der Waals surface area contributed by atoms with Crippen LogP contribution in [0.25, 0.3) is 11.0 Å². The Morgan fingerprint density at radius 2 is 1.36 bits per heavy atom. The van der Waals surface area contributed by atoms with E-state index in [2.05, 4.69) is 32.2 Å². The van der Waals surface area contributed by atoms with E-state index in [1.54, 1.807) is 10.7 Å². The molecule has 4 rings (SSSR count). The molecule has 4 aromatic rings. The second kappa shape index (κ2) is 6.72. The zero-order valence-electron chi connectivity index (χ0n) is 11.8. The molecule has 22 heavy (non-hydrogen) atoms. The van der Waals surface area contributed by atoms with E-state index in [1.807, 2.05) is 53.2 Å². The average Bonchev–Trinajstić information content (AvgIpc) is 3.23. The van der Waals surface area contributed by atoms with E-state index in [0.29, 0.717) is 0 Å². The molecule has 0 aliphatic heterocycles. The number of aromatic nitrogens is 4. The summed E-state index contributed by atoms with van der Waals surface area (Å²) in [5.74, 6) is 0. The van der Waals surface area contributed by atoms with Gasteiger partial charge < -0.3 is 5.11 Å². The van der Waals surface area contributed by atoms with Crippen molar-refractivity contribution in [3.05, 3.63) is 72.3 Å². The highest BCUT2D eigenvalue weighted by Gasteiger charge is 1.97. The minimum atomic E-state index is 0.0268. The van der Waals surface area contributed by atoms with E-state index in [9.17, 15) is 0 Å². The van der Waals surface area contributed by atoms with Crippen LogP contribution in [0.4, 0.5) is 0 Å². The summed E-state index contributed by atoms with van der Waals surface area (Å²) in [5, 5.41) is 18.0. The molecule has 0 atom stereocenters. The summed E-state index contributed by atoms with van der Waals surface area (Å²) >= 11 is 3.40. The van der Waals surface area contributed by atoms with Crippen LogP contribution in [0.2, 0.25) is 0 Å². The lowest BCUT2D eigenvalue weighted by molar-refractivity contribution is 0.273. The first-order chi connectivity index (χ1) is 10.8. The van der Waals surface area contributed by atoms with E-state index in [1.165, 1.54) is 5.69 Å². The normalized spacial score (nSPS) is 10.6. The molecule has 4 heterocycles. The van der Waals surface area contributed by atoms with Crippen molar-refractivity contribution in [2.24, 2.45) is 0 Å². The van der Waals surface area contributed by atoms with Gasteiger partial charge in [-0.05, 0) is 36.4 Å². The molecule has 5 nitrogen and oxygen atoms in total. The van der Waals surface area contributed by atoms with Crippen LogP contribution < -0.4 is 0 Å². The Labute approximate surface area is 135 Å². The molecule has 0 aliphatic rings. The third kappa shape index (κ3) is 2.88. The van der Waals surface area contributed by atoms with Crippen LogP contribution in [0.15, 0.2) is 60.9 Å². The van der Waals surface area contributed by atoms with Gasteiger partial charge in [0.25, 0.3) is 0 Å². The second-order valence-electron chi connectivity index (χ2n) is 4.66. The van der Waals surface area contributed by atoms with Crippen LogP contribution in [0.3, 0.4) is 0 Å². The van der Waals surface area contributed by atoms with Crippen molar-refractivity contribution in [1.29, 1.82) is 0 Å². The van der Waals surface area contributed by atoms with Gasteiger partial charge in [-0.15, -0.1) is 0 Å². The highest BCUT2D eigenvalue weighted by atomic mass is 79.9. The van der Waals surface area contributed by atoms with Gasteiger partial charge in [-0.1, -0.05) is 28.1 Å². The van der Waals surface area contributed by atoms with Crippen LogP contribution in [-0.2, 0) is 11.9 Å². The maximum atomic E-state index is 8.89. The number of halogens is 1. The molecule has 0 saturated heterocycles. The van der Waals surface area contributed by atoms with Crippen molar-refractivity contribution in [3.63, 3.8) is 0 Å². The first-order valence-electron chi connectivity index (χ1n) is 6.83. The van der Waals surface area contributed by atoms with Crippen LogP contribution in [-0.4, -0.2) is 24.3 Å². The third-order valence-electron chi connectivity index (χ3n) is 3.30. The van der Waals surface area contributed by atoms with Gasteiger partial charge in [0, 0.05) is 17.7 Å². The lowest BCUT2D eigenvalue weighted by Gasteiger charge is -1.98. The van der Waals surface area contributed by atoms with Crippen molar-refractivity contribution in [3.8, 4) is 0 Å². The summed E-state index contributed by atoms with van der Waals surface area (Å²) in [6, 6.07) is 15.7. The average molecular weight is 359 g/mol. The van der Waals surface area contributed by atoms with Gasteiger partial charge in [0.1, 0.15) is 0 Å². The van der Waals surface area contributed by atoms with E-state index < -0.39 is 0 Å². The third-order valence-corrected chi connectivity index (χ3v) is 3.87. The first-order valence-corrected chi connectivity index (χ1v) is 7.95. The predicted octanol–water partition coefficient (Wildman–Crippen LogP) is 3.06. The number of aliphatic hydroxyl groups excluding tert-OH is 1. The first kappa shape index (κ1) is 14.7. The second-order valence-corrected chi connectivity index (χ2v) is 5.22. The summed E-state index contributed by atoms with van der Waals surface area (Å²) in [4.78, 5) is 0. The predicted molar refractivity (Wildman–Crippen MR) is 88.9 cm³/mol. The zero-order valence-corrected chi connectivity index (χ0v) is 13.4. The number of rotatable bonds is 2. The molecule has 0 amide bonds. The monoisotopic (exact) mass is 358 g/mol. The van der Waals surface area contributed by atoms with Crippen LogP contribution >= 0.6 is 15.9 Å². The van der Waals surface area contributed by atoms with Gasteiger partial charge in [0.2, 0.25) is 0 Å². The van der Waals surface area contributed by atoms with Gasteiger partial charge in [-0.2, -0.15) is 10.2 Å². The Morgan fingerprint density at radius 1 is 0.818 bits per heavy atom. The van der Waals surface area contributed by atoms with Gasteiger partial charge in [-0.25, -0.2) is 9.03 Å². The summed E-state index contributed by atoms with van der Waals surface area (Å²) in [6.07, 6.45) is 3.52. The maximum absolute atomic E-state index is 8.89. The Balaban J connectivity index is 0.000000131. The summed E-state index contributed by atoms with van der Waals surface area (Å²) in [5.41, 5.74) is 4.14. The van der Waals surface area contributed by atoms with Crippen molar-refractivity contribution >= 4 is 27.0 Å². The maximum Gasteiger partial charge on any atom is 0.0853 e. The number of aliphatic hydroxyl groups is 1. The lowest BCUT2D eigenvalue weighted by atomic mass is 10.3. The summed E-state index contributed by atoms with van der Waals surface area (Å²) in [6.45, 7) is 0.0268. The van der Waals surface area contributed by atoms with Crippen LogP contribution in [0.1, 0.15) is 11.4 Å². The molecule has 0 aliphatic carbocycles. The van der Waals surface area contributed by atoms with Crippen LogP contribution in [0.5, 0.6) is 0 Å². The van der Waals surface area contributed by atoms with Gasteiger partial charge >= 0.3 is 0 Å². The number of fused-ring (bicyclic) bond motifs is 2. The van der Waals surface area contributed by atoms with Crippen molar-refractivity contribution in [2.45, 2.75) is 11.9 Å². The highest BCUT2D eigenvalue weighted by molar-refractivity contribution is 9.08. The van der Waals surface area contributed by atoms with E-state index in [0.717, 1.165) is 22.1 Å². The van der Waals surface area contributed by atoms with Crippen molar-refractivity contribution < 1.29 is 5.11 Å². The van der Waals surface area contributed by atoms with E-state index >= 15 is 0 Å². The Kier molecular flexibility index (Phi) is 4.50. The van der Waals surface area contributed by atoms with Gasteiger partial charge in [0.15, 0.2) is 0 Å². The van der Waals surface area contributed by atoms with Crippen molar-refractivity contribution in [2.75, 3.05) is 0 Å². The van der Waals surface area contributed by atoms with Crippen molar-refractivity contribution in [1.82, 2.24) is 19.2 Å². The number of pyridine rings is 2. The molecule has 1 N–H and O–H groups in total. The molecule has 0 fully saturated rings. The quantitative estimate of drug-likeness (QED) is 0.560. The summed E-state index contributed by atoms with van der Waals surface area (Å²) < 4.78 is 3.65. The molecule has 0 radical (unpaired) electrons. The molecule has 6 heteroatoms. The Hall–Kier alpha value is -2.18. The van der Waals surface area contributed by atoms with Crippen LogP contribution in [0, 0.1) is 0 Å². The topological polar surface area (TPSA) is 54.8 Å². The number of hydrogen-bond donors (Lipinski definition) is 1. The molecule has 0 saturated carbocycles. The fourth-order valence-electron chi connectivity index (χ4n) is 2.24. The summed E-state index contributed by atoms with van der Waals surface area (Å²) in [7, 11) is 0. The number of alkyl halides is 1. The molecule has 0 unspecified atom stereocenters. The zero-order chi connectivity index (χ0) is 15.4. The Morgan fingerprint density at radius 3 is 1.91 bits per heavy atom. The number of hydrogen-bond acceptors (Lipinski definition) is 3. The van der Waals surface area contributed by atoms with Gasteiger partial charge in [0.05, 0.1) is 29.0 Å². The molecular weight excluding hydrogens is 344 g/mol. The molecule has 0 aromatic carbocycles. The Bertz CT molecular complexity index is 810. The molecule has 4 aromatic heterocycles. The van der Waals surface area contributed by atoms with E-state index in [4.69, 9.17) is 5.11 Å². The lowest BCUT2D eigenvalue weighted by Crippen LogP contribution is -1.96. The standard InChI is InChI=1S/C8H7BrN2.C8H8N2O/c9-6-8-3-1-2-7-4-5-10-11(7)8;11-6-8-3-1-2-7-4-5-9-10(7)8/h1-5H,6H2;1-5,11H,6H2. The molecule has 0 spiro atoms. The van der Waals surface area contributed by atoms with E-state index in [-0.39, 0.29) is 6.61 Å². The fraction of sp³-hybridized carbons (Fsp3) is 0.125. The molecular formula is C16H15BrN4O. The molecule has 0 bridgehead atoms. The fourth-order valence-corrected chi connectivity index (χ4v) is 2.66.